The molecule has 0 heterocycles. The third-order valence-corrected chi connectivity index (χ3v) is 2.91. The van der Waals surface area contributed by atoms with Gasteiger partial charge in [0.05, 0.1) is 0 Å². The maximum atomic E-state index is 3.20. The Morgan fingerprint density at radius 3 is 2.21 bits per heavy atom. The molecule has 1 rings (SSSR count). The van der Waals surface area contributed by atoms with E-state index in [1.165, 1.54) is 38.6 Å². The smallest absolute Gasteiger partial charge is 0.0107 e. The molecule has 0 spiro atoms. The standard InChI is InChI=1S/C10H22N2.C2H6/c1-11-8-9-12(2)10-6-4-3-5-7-10;1-2/h10-11H,3-9H2,1-2H3;1-2H3. The van der Waals surface area contributed by atoms with E-state index < -0.39 is 0 Å². The number of nitrogens with zero attached hydrogens (tertiary/aromatic N) is 1. The largest absolute Gasteiger partial charge is 0.318 e. The van der Waals surface area contributed by atoms with Crippen molar-refractivity contribution in [3.05, 3.63) is 0 Å². The van der Waals surface area contributed by atoms with E-state index in [9.17, 15) is 0 Å². The topological polar surface area (TPSA) is 15.3 Å². The van der Waals surface area contributed by atoms with Gasteiger partial charge in [-0.1, -0.05) is 33.1 Å². The number of hydrogen-bond donors (Lipinski definition) is 1. The van der Waals surface area contributed by atoms with Crippen molar-refractivity contribution in [2.24, 2.45) is 0 Å². The van der Waals surface area contributed by atoms with Crippen LogP contribution in [0.15, 0.2) is 0 Å². The zero-order chi connectivity index (χ0) is 10.8. The predicted molar refractivity (Wildman–Crippen MR) is 64.8 cm³/mol. The molecule has 14 heavy (non-hydrogen) atoms. The van der Waals surface area contributed by atoms with Crippen LogP contribution in [0.2, 0.25) is 0 Å². The van der Waals surface area contributed by atoms with Crippen LogP contribution >= 0.6 is 0 Å². The summed E-state index contributed by atoms with van der Waals surface area (Å²) in [4.78, 5) is 2.51. The molecule has 86 valence electrons. The summed E-state index contributed by atoms with van der Waals surface area (Å²) in [6.07, 6.45) is 7.17. The van der Waals surface area contributed by atoms with Gasteiger partial charge in [0.2, 0.25) is 0 Å². The van der Waals surface area contributed by atoms with Crippen molar-refractivity contribution in [3.8, 4) is 0 Å². The summed E-state index contributed by atoms with van der Waals surface area (Å²) in [7, 11) is 4.28. The molecule has 0 radical (unpaired) electrons. The first-order chi connectivity index (χ1) is 6.84. The molecule has 1 aliphatic carbocycles. The van der Waals surface area contributed by atoms with Crippen LogP contribution in [-0.2, 0) is 0 Å². The van der Waals surface area contributed by atoms with Gasteiger partial charge in [-0.25, -0.2) is 0 Å². The molecule has 0 aromatic rings. The van der Waals surface area contributed by atoms with E-state index in [4.69, 9.17) is 0 Å². The first-order valence-electron chi connectivity index (χ1n) is 6.19. The predicted octanol–water partition coefficient (Wildman–Crippen LogP) is 2.50. The maximum Gasteiger partial charge on any atom is 0.0107 e. The summed E-state index contributed by atoms with van der Waals surface area (Å²) in [5, 5.41) is 3.20. The fourth-order valence-electron chi connectivity index (χ4n) is 1.99. The van der Waals surface area contributed by atoms with Crippen molar-refractivity contribution in [3.63, 3.8) is 0 Å². The molecule has 1 fully saturated rings. The van der Waals surface area contributed by atoms with E-state index >= 15 is 0 Å². The quantitative estimate of drug-likeness (QED) is 0.750. The summed E-state index contributed by atoms with van der Waals surface area (Å²) >= 11 is 0. The summed E-state index contributed by atoms with van der Waals surface area (Å²) in [5.41, 5.74) is 0. The number of likely N-dealkylation sites (N-methyl/N-ethyl adjacent to an activating group) is 2. The minimum absolute atomic E-state index is 0.868. The van der Waals surface area contributed by atoms with Crippen LogP contribution in [0, 0.1) is 0 Å². The summed E-state index contributed by atoms with van der Waals surface area (Å²) in [6.45, 7) is 6.31. The Morgan fingerprint density at radius 1 is 1.14 bits per heavy atom. The Bertz CT molecular complexity index is 109. The van der Waals surface area contributed by atoms with Crippen molar-refractivity contribution >= 4 is 0 Å². The van der Waals surface area contributed by atoms with E-state index in [2.05, 4.69) is 17.3 Å². The average molecular weight is 200 g/mol. The van der Waals surface area contributed by atoms with Crippen molar-refractivity contribution in [1.82, 2.24) is 10.2 Å². The van der Waals surface area contributed by atoms with Crippen LogP contribution in [0.4, 0.5) is 0 Å². The molecule has 0 amide bonds. The molecule has 1 N–H and O–H groups in total. The van der Waals surface area contributed by atoms with E-state index in [1.807, 2.05) is 20.9 Å². The number of nitrogens with one attached hydrogen (secondary N) is 1. The van der Waals surface area contributed by atoms with Gasteiger partial charge in [0.15, 0.2) is 0 Å². The van der Waals surface area contributed by atoms with Gasteiger partial charge in [0, 0.05) is 19.1 Å². The highest BCUT2D eigenvalue weighted by Gasteiger charge is 2.16. The molecule has 1 aliphatic rings. The average Bonchev–Trinajstić information content (AvgIpc) is 2.30. The van der Waals surface area contributed by atoms with E-state index in [0.717, 1.165) is 12.6 Å². The van der Waals surface area contributed by atoms with Gasteiger partial charge in [-0.15, -0.1) is 0 Å². The minimum Gasteiger partial charge on any atom is -0.318 e. The minimum atomic E-state index is 0.868. The maximum absolute atomic E-state index is 3.20. The molecular formula is C12H28N2. The lowest BCUT2D eigenvalue weighted by atomic mass is 9.94. The fraction of sp³-hybridized carbons (Fsp3) is 1.00. The first-order valence-corrected chi connectivity index (χ1v) is 6.19. The molecule has 2 heteroatoms. The lowest BCUT2D eigenvalue weighted by Gasteiger charge is -2.31. The van der Waals surface area contributed by atoms with Crippen LogP contribution in [-0.4, -0.2) is 38.1 Å². The fourth-order valence-corrected chi connectivity index (χ4v) is 1.99. The van der Waals surface area contributed by atoms with Crippen LogP contribution in [0.25, 0.3) is 0 Å². The lowest BCUT2D eigenvalue weighted by molar-refractivity contribution is 0.193. The molecule has 0 unspecified atom stereocenters. The van der Waals surface area contributed by atoms with Gasteiger partial charge < -0.3 is 10.2 Å². The number of rotatable bonds is 4. The van der Waals surface area contributed by atoms with Gasteiger partial charge in [0.25, 0.3) is 0 Å². The van der Waals surface area contributed by atoms with Crippen LogP contribution in [0.1, 0.15) is 46.0 Å². The lowest BCUT2D eigenvalue weighted by Crippen LogP contribution is -2.37. The molecule has 0 aromatic heterocycles. The Labute approximate surface area is 90.1 Å². The Morgan fingerprint density at radius 2 is 1.71 bits per heavy atom. The number of hydrogen-bond acceptors (Lipinski definition) is 2. The molecule has 2 nitrogen and oxygen atoms in total. The van der Waals surface area contributed by atoms with Crippen molar-refractivity contribution in [2.75, 3.05) is 27.2 Å². The monoisotopic (exact) mass is 200 g/mol. The van der Waals surface area contributed by atoms with E-state index in [0.29, 0.717) is 0 Å². The second-order valence-electron chi connectivity index (χ2n) is 3.88. The Balaban J connectivity index is 0.000000791. The van der Waals surface area contributed by atoms with Crippen LogP contribution in [0.5, 0.6) is 0 Å². The molecular weight excluding hydrogens is 172 g/mol. The molecule has 0 aliphatic heterocycles. The summed E-state index contributed by atoms with van der Waals surface area (Å²) in [6, 6.07) is 0.868. The van der Waals surface area contributed by atoms with Crippen molar-refractivity contribution in [2.45, 2.75) is 52.0 Å². The van der Waals surface area contributed by atoms with Gasteiger partial charge in [-0.3, -0.25) is 0 Å². The second kappa shape index (κ2) is 9.47. The first kappa shape index (κ1) is 13.9. The van der Waals surface area contributed by atoms with Gasteiger partial charge in [-0.05, 0) is 26.9 Å². The molecule has 0 bridgehead atoms. The molecule has 0 saturated heterocycles. The van der Waals surface area contributed by atoms with E-state index in [-0.39, 0.29) is 0 Å². The normalized spacial score (nSPS) is 17.8. The molecule has 0 atom stereocenters. The zero-order valence-corrected chi connectivity index (χ0v) is 10.5. The Kier molecular flexibility index (Phi) is 9.42. The second-order valence-corrected chi connectivity index (χ2v) is 3.88. The van der Waals surface area contributed by atoms with Crippen molar-refractivity contribution < 1.29 is 0 Å². The highest BCUT2D eigenvalue weighted by molar-refractivity contribution is 4.73. The van der Waals surface area contributed by atoms with Crippen LogP contribution in [0.3, 0.4) is 0 Å². The highest BCUT2D eigenvalue weighted by atomic mass is 15.1. The van der Waals surface area contributed by atoms with Gasteiger partial charge >= 0.3 is 0 Å². The van der Waals surface area contributed by atoms with Crippen LogP contribution < -0.4 is 5.32 Å². The highest BCUT2D eigenvalue weighted by Crippen LogP contribution is 2.20. The molecule has 0 aromatic carbocycles. The zero-order valence-electron chi connectivity index (χ0n) is 10.5. The molecule has 1 saturated carbocycles. The summed E-state index contributed by atoms with van der Waals surface area (Å²) in [5.74, 6) is 0. The Hall–Kier alpha value is -0.0800. The van der Waals surface area contributed by atoms with E-state index in [1.54, 1.807) is 0 Å². The summed E-state index contributed by atoms with van der Waals surface area (Å²) < 4.78 is 0. The SMILES string of the molecule is CC.CNCCN(C)C1CCCCC1. The van der Waals surface area contributed by atoms with Gasteiger partial charge in [0.1, 0.15) is 0 Å². The third kappa shape index (κ3) is 5.61. The third-order valence-electron chi connectivity index (χ3n) is 2.91. The van der Waals surface area contributed by atoms with Crippen molar-refractivity contribution in [1.29, 1.82) is 0 Å². The van der Waals surface area contributed by atoms with Gasteiger partial charge in [-0.2, -0.15) is 0 Å².